The monoisotopic (exact) mass is 182 g/mol. The maximum Gasteiger partial charge on any atom is 0.250 e. The van der Waals surface area contributed by atoms with E-state index in [9.17, 15) is 0 Å². The average Bonchev–Trinajstić information content (AvgIpc) is 2.50. The lowest BCUT2D eigenvalue weighted by Gasteiger charge is -2.00. The summed E-state index contributed by atoms with van der Waals surface area (Å²) in [5.41, 5.74) is 1.13. The number of allylic oxidation sites excluding steroid dienone is 1. The van der Waals surface area contributed by atoms with Gasteiger partial charge in [0.1, 0.15) is 6.10 Å². The second kappa shape index (κ2) is 4.18. The molecule has 1 unspecified atom stereocenters. The fourth-order valence-corrected chi connectivity index (χ4v) is 0.823. The number of nitrogens with zero attached hydrogens (tertiary/aromatic N) is 2. The van der Waals surface area contributed by atoms with E-state index in [0.717, 1.165) is 5.57 Å². The van der Waals surface area contributed by atoms with Crippen molar-refractivity contribution in [3.8, 4) is 0 Å². The van der Waals surface area contributed by atoms with Gasteiger partial charge >= 0.3 is 0 Å². The fourth-order valence-electron chi connectivity index (χ4n) is 0.823. The highest BCUT2D eigenvalue weighted by atomic mass is 16.5. The topological polar surface area (TPSA) is 48.2 Å². The van der Waals surface area contributed by atoms with Crippen LogP contribution in [0, 0.1) is 0 Å². The van der Waals surface area contributed by atoms with Crippen LogP contribution >= 0.6 is 0 Å². The lowest BCUT2D eigenvalue weighted by atomic mass is 10.3. The van der Waals surface area contributed by atoms with Crippen LogP contribution in [-0.4, -0.2) is 17.3 Å². The van der Waals surface area contributed by atoms with E-state index in [4.69, 9.17) is 9.26 Å². The van der Waals surface area contributed by atoms with E-state index >= 15 is 0 Å². The van der Waals surface area contributed by atoms with E-state index in [1.807, 2.05) is 26.8 Å². The summed E-state index contributed by atoms with van der Waals surface area (Å²) in [5.74, 6) is 1.11. The molecule has 0 aromatic carbocycles. The van der Waals surface area contributed by atoms with E-state index in [2.05, 4.69) is 10.1 Å². The highest BCUT2D eigenvalue weighted by Crippen LogP contribution is 2.12. The first-order chi connectivity index (χ1) is 6.13. The maximum absolute atomic E-state index is 5.05. The van der Waals surface area contributed by atoms with Gasteiger partial charge in [-0.15, -0.1) is 0 Å². The van der Waals surface area contributed by atoms with Gasteiger partial charge in [0, 0.05) is 13.2 Å². The van der Waals surface area contributed by atoms with Gasteiger partial charge in [-0.2, -0.15) is 4.98 Å². The molecule has 0 saturated heterocycles. The Morgan fingerprint density at radius 3 is 2.77 bits per heavy atom. The highest BCUT2D eigenvalue weighted by Gasteiger charge is 2.10. The molecule has 0 saturated carbocycles. The third-order valence-electron chi connectivity index (χ3n) is 1.59. The van der Waals surface area contributed by atoms with Crippen LogP contribution in [0.15, 0.2) is 10.1 Å². The number of methoxy groups -OCH3 is 1. The Kier molecular flexibility index (Phi) is 3.19. The maximum atomic E-state index is 5.05. The van der Waals surface area contributed by atoms with Crippen LogP contribution in [0.3, 0.4) is 0 Å². The highest BCUT2D eigenvalue weighted by molar-refractivity contribution is 5.41. The molecule has 0 fully saturated rings. The van der Waals surface area contributed by atoms with Crippen molar-refractivity contribution in [2.24, 2.45) is 0 Å². The van der Waals surface area contributed by atoms with Gasteiger partial charge in [0.05, 0.1) is 0 Å². The predicted octanol–water partition coefficient (Wildman–Crippen LogP) is 2.20. The summed E-state index contributed by atoms with van der Waals surface area (Å²) in [7, 11) is 1.61. The summed E-state index contributed by atoms with van der Waals surface area (Å²) >= 11 is 0. The molecule has 1 aromatic heterocycles. The Morgan fingerprint density at radius 1 is 1.54 bits per heavy atom. The lowest BCUT2D eigenvalue weighted by molar-refractivity contribution is 0.109. The molecule has 0 radical (unpaired) electrons. The van der Waals surface area contributed by atoms with Crippen molar-refractivity contribution in [2.75, 3.05) is 7.11 Å². The first-order valence-corrected chi connectivity index (χ1v) is 4.14. The summed E-state index contributed by atoms with van der Waals surface area (Å²) in [6.45, 7) is 5.82. The van der Waals surface area contributed by atoms with Gasteiger partial charge in [-0.05, 0) is 20.8 Å². The van der Waals surface area contributed by atoms with Gasteiger partial charge in [-0.25, -0.2) is 0 Å². The number of hydrogen-bond acceptors (Lipinski definition) is 4. The summed E-state index contributed by atoms with van der Waals surface area (Å²) < 4.78 is 10.0. The average molecular weight is 182 g/mol. The standard InChI is InChI=1S/C9H14N2O2/c1-6(2)5-8-10-9(11-13-8)7(3)12-4/h5,7H,1-4H3. The van der Waals surface area contributed by atoms with Crippen LogP contribution in [-0.2, 0) is 4.74 Å². The molecule has 1 rings (SSSR count). The fraction of sp³-hybridized carbons (Fsp3) is 0.556. The molecule has 0 aliphatic heterocycles. The molecular formula is C9H14N2O2. The first kappa shape index (κ1) is 9.92. The molecule has 0 aliphatic rings. The number of ether oxygens (including phenoxy) is 1. The molecule has 1 heterocycles. The van der Waals surface area contributed by atoms with Crippen molar-refractivity contribution < 1.29 is 9.26 Å². The number of aromatic nitrogens is 2. The SMILES string of the molecule is COC(C)c1noc(C=C(C)C)n1. The zero-order valence-electron chi connectivity index (χ0n) is 8.37. The van der Waals surface area contributed by atoms with Crippen LogP contribution in [0.4, 0.5) is 0 Å². The second-order valence-electron chi connectivity index (χ2n) is 3.09. The molecule has 4 nitrogen and oxygen atoms in total. The molecule has 1 atom stereocenters. The molecular weight excluding hydrogens is 168 g/mol. The zero-order valence-corrected chi connectivity index (χ0v) is 8.37. The van der Waals surface area contributed by atoms with Gasteiger partial charge in [0.2, 0.25) is 5.82 Å². The number of hydrogen-bond donors (Lipinski definition) is 0. The first-order valence-electron chi connectivity index (χ1n) is 4.14. The predicted molar refractivity (Wildman–Crippen MR) is 49.0 cm³/mol. The van der Waals surface area contributed by atoms with Crippen molar-refractivity contribution >= 4 is 6.08 Å². The Labute approximate surface area is 77.6 Å². The Balaban J connectivity index is 2.80. The Bertz CT molecular complexity index is 300. The Morgan fingerprint density at radius 2 is 2.23 bits per heavy atom. The third kappa shape index (κ3) is 2.66. The molecule has 13 heavy (non-hydrogen) atoms. The van der Waals surface area contributed by atoms with Crippen LogP contribution in [0.1, 0.15) is 38.6 Å². The van der Waals surface area contributed by atoms with E-state index in [1.54, 1.807) is 7.11 Å². The van der Waals surface area contributed by atoms with Crippen molar-refractivity contribution in [2.45, 2.75) is 26.9 Å². The van der Waals surface area contributed by atoms with Crippen LogP contribution in [0.2, 0.25) is 0 Å². The third-order valence-corrected chi connectivity index (χ3v) is 1.59. The smallest absolute Gasteiger partial charge is 0.250 e. The molecule has 1 aromatic rings. The van der Waals surface area contributed by atoms with Gasteiger partial charge < -0.3 is 9.26 Å². The number of rotatable bonds is 3. The minimum Gasteiger partial charge on any atom is -0.374 e. The van der Waals surface area contributed by atoms with Gasteiger partial charge in [-0.1, -0.05) is 10.7 Å². The van der Waals surface area contributed by atoms with Gasteiger partial charge in [-0.3, -0.25) is 0 Å². The van der Waals surface area contributed by atoms with Crippen LogP contribution < -0.4 is 0 Å². The molecule has 4 heteroatoms. The lowest BCUT2D eigenvalue weighted by Crippen LogP contribution is -1.97. The zero-order chi connectivity index (χ0) is 9.84. The van der Waals surface area contributed by atoms with Crippen molar-refractivity contribution in [1.29, 1.82) is 0 Å². The Hall–Kier alpha value is -1.16. The van der Waals surface area contributed by atoms with Gasteiger partial charge in [0.25, 0.3) is 5.89 Å². The van der Waals surface area contributed by atoms with E-state index in [0.29, 0.717) is 11.7 Å². The van der Waals surface area contributed by atoms with Crippen molar-refractivity contribution in [3.63, 3.8) is 0 Å². The van der Waals surface area contributed by atoms with Crippen molar-refractivity contribution in [1.82, 2.24) is 10.1 Å². The summed E-state index contributed by atoms with van der Waals surface area (Å²) in [5, 5.41) is 3.78. The normalized spacial score (nSPS) is 12.6. The van der Waals surface area contributed by atoms with Crippen molar-refractivity contribution in [3.05, 3.63) is 17.3 Å². The van der Waals surface area contributed by atoms with E-state index < -0.39 is 0 Å². The molecule has 0 spiro atoms. The second-order valence-corrected chi connectivity index (χ2v) is 3.09. The molecule has 0 amide bonds. The molecule has 0 bridgehead atoms. The van der Waals surface area contributed by atoms with E-state index in [-0.39, 0.29) is 6.10 Å². The van der Waals surface area contributed by atoms with Crippen LogP contribution in [0.5, 0.6) is 0 Å². The molecule has 72 valence electrons. The largest absolute Gasteiger partial charge is 0.374 e. The summed E-state index contributed by atoms with van der Waals surface area (Å²) in [6.07, 6.45) is 1.71. The summed E-state index contributed by atoms with van der Waals surface area (Å²) in [6, 6.07) is 0. The van der Waals surface area contributed by atoms with E-state index in [1.165, 1.54) is 0 Å². The minimum atomic E-state index is -0.122. The molecule has 0 aliphatic carbocycles. The van der Waals surface area contributed by atoms with Crippen LogP contribution in [0.25, 0.3) is 6.08 Å². The minimum absolute atomic E-state index is 0.122. The van der Waals surface area contributed by atoms with Gasteiger partial charge in [0.15, 0.2) is 0 Å². The summed E-state index contributed by atoms with van der Waals surface area (Å²) in [4.78, 5) is 4.14. The quantitative estimate of drug-likeness (QED) is 0.719. The molecule has 0 N–H and O–H groups in total.